The first-order chi connectivity index (χ1) is 14.0. The summed E-state index contributed by atoms with van der Waals surface area (Å²) >= 11 is 0. The second-order valence-electron chi connectivity index (χ2n) is 9.27. The molecule has 0 unspecified atom stereocenters. The first-order valence-corrected chi connectivity index (χ1v) is 11.1. The zero-order chi connectivity index (χ0) is 20.1. The third kappa shape index (κ3) is 3.20. The molecule has 4 saturated heterocycles. The smallest absolute Gasteiger partial charge is 0.133 e. The lowest BCUT2D eigenvalue weighted by molar-refractivity contribution is 0.0354. The van der Waals surface area contributed by atoms with Crippen LogP contribution in [0.15, 0.2) is 30.3 Å². The monoisotopic (exact) mass is 392 g/mol. The Morgan fingerprint density at radius 2 is 1.76 bits per heavy atom. The molecule has 0 spiro atoms. The number of fused-ring (bicyclic) bond motifs is 2. The number of aromatic nitrogens is 2. The van der Waals surface area contributed by atoms with Gasteiger partial charge in [0.1, 0.15) is 17.4 Å². The Bertz CT molecular complexity index is 873. The van der Waals surface area contributed by atoms with Crippen molar-refractivity contribution in [2.75, 3.05) is 31.6 Å². The third-order valence-corrected chi connectivity index (χ3v) is 7.21. The van der Waals surface area contributed by atoms with Crippen molar-refractivity contribution in [3.63, 3.8) is 0 Å². The Labute approximate surface area is 174 Å². The van der Waals surface area contributed by atoms with E-state index in [9.17, 15) is 0 Å². The molecule has 2 bridgehead atoms. The number of aryl methyl sites for hydroxylation is 1. The highest BCUT2D eigenvalue weighted by Crippen LogP contribution is 2.47. The molecule has 2 aromatic rings. The topological polar surface area (TPSA) is 41.5 Å². The quantitative estimate of drug-likeness (QED) is 0.787. The fourth-order valence-corrected chi connectivity index (χ4v) is 5.81. The molecule has 5 nitrogen and oxygen atoms in total. The van der Waals surface area contributed by atoms with Crippen LogP contribution in [0.1, 0.15) is 55.6 Å². The minimum atomic E-state index is 0.344. The first-order valence-electron chi connectivity index (χ1n) is 11.1. The van der Waals surface area contributed by atoms with Gasteiger partial charge in [-0.25, -0.2) is 9.97 Å². The summed E-state index contributed by atoms with van der Waals surface area (Å²) in [5.41, 5.74) is 2.50. The Kier molecular flexibility index (Phi) is 4.73. The van der Waals surface area contributed by atoms with Gasteiger partial charge in [-0.05, 0) is 56.5 Å². The van der Waals surface area contributed by atoms with Crippen molar-refractivity contribution in [3.8, 4) is 5.75 Å². The predicted octanol–water partition coefficient (Wildman–Crippen LogP) is 3.98. The summed E-state index contributed by atoms with van der Waals surface area (Å²) in [6.45, 7) is 9.98. The van der Waals surface area contributed by atoms with Gasteiger partial charge in [-0.15, -0.1) is 0 Å². The Morgan fingerprint density at radius 3 is 2.41 bits per heavy atom. The highest BCUT2D eigenvalue weighted by molar-refractivity contribution is 5.48. The van der Waals surface area contributed by atoms with E-state index in [-0.39, 0.29) is 0 Å². The van der Waals surface area contributed by atoms with Crippen LogP contribution in [0.2, 0.25) is 0 Å². The van der Waals surface area contributed by atoms with Crippen molar-refractivity contribution in [3.05, 3.63) is 47.4 Å². The summed E-state index contributed by atoms with van der Waals surface area (Å²) in [5.74, 6) is 4.64. The van der Waals surface area contributed by atoms with Gasteiger partial charge in [0.05, 0.1) is 7.11 Å². The number of nitrogens with zero attached hydrogens (tertiary/aromatic N) is 4. The van der Waals surface area contributed by atoms with Crippen molar-refractivity contribution in [1.82, 2.24) is 14.9 Å². The van der Waals surface area contributed by atoms with Crippen LogP contribution in [0.25, 0.3) is 0 Å². The molecule has 4 fully saturated rings. The van der Waals surface area contributed by atoms with Gasteiger partial charge in [0, 0.05) is 42.2 Å². The number of rotatable bonds is 4. The predicted molar refractivity (Wildman–Crippen MR) is 116 cm³/mol. The number of piperidine rings is 3. The lowest BCUT2D eigenvalue weighted by Crippen LogP contribution is -2.60. The SMILES string of the molecule is COc1ccc([C@@H]2CN(c3cc(C)nc(C(C)C)n3)[C@@H]3C4CCN(CC4)[C@@H]32)cc1. The molecule has 5 heterocycles. The van der Waals surface area contributed by atoms with Gasteiger partial charge >= 0.3 is 0 Å². The number of anilines is 1. The molecule has 4 aliphatic rings. The first kappa shape index (κ1) is 18.9. The van der Waals surface area contributed by atoms with Crippen LogP contribution in [0, 0.1) is 12.8 Å². The summed E-state index contributed by atoms with van der Waals surface area (Å²) in [7, 11) is 1.73. The molecule has 1 aromatic carbocycles. The molecular formula is C24H32N4O. The highest BCUT2D eigenvalue weighted by atomic mass is 16.5. The maximum Gasteiger partial charge on any atom is 0.133 e. The zero-order valence-corrected chi connectivity index (χ0v) is 18.0. The van der Waals surface area contributed by atoms with Crippen molar-refractivity contribution in [1.29, 1.82) is 0 Å². The van der Waals surface area contributed by atoms with E-state index in [1.807, 2.05) is 0 Å². The molecule has 0 amide bonds. The standard InChI is InChI=1S/C24H32N4O/c1-15(2)24-25-16(3)13-21(26-24)28-14-20(17-5-7-19(29-4)8-6-17)23-22(28)18-9-11-27(23)12-10-18/h5-8,13,15,18,20,22-23H,9-12,14H2,1-4H3/t20-,22+,23+/m0/s1. The minimum absolute atomic E-state index is 0.344. The fraction of sp³-hybridized carbons (Fsp3) is 0.583. The van der Waals surface area contributed by atoms with Crippen LogP contribution in [0.4, 0.5) is 5.82 Å². The van der Waals surface area contributed by atoms with E-state index in [2.05, 4.69) is 60.9 Å². The van der Waals surface area contributed by atoms with Crippen molar-refractivity contribution in [2.24, 2.45) is 5.92 Å². The molecule has 1 aromatic heterocycles. The van der Waals surface area contributed by atoms with Crippen molar-refractivity contribution >= 4 is 5.82 Å². The van der Waals surface area contributed by atoms with Gasteiger partial charge in [0.25, 0.3) is 0 Å². The number of methoxy groups -OCH3 is 1. The van der Waals surface area contributed by atoms with E-state index < -0.39 is 0 Å². The number of ether oxygens (including phenoxy) is 1. The molecular weight excluding hydrogens is 360 g/mol. The lowest BCUT2D eigenvalue weighted by atomic mass is 9.75. The van der Waals surface area contributed by atoms with E-state index in [1.165, 1.54) is 31.5 Å². The molecule has 29 heavy (non-hydrogen) atoms. The van der Waals surface area contributed by atoms with Gasteiger partial charge in [0.2, 0.25) is 0 Å². The highest BCUT2D eigenvalue weighted by Gasteiger charge is 2.53. The zero-order valence-electron chi connectivity index (χ0n) is 18.0. The Balaban J connectivity index is 1.54. The summed E-state index contributed by atoms with van der Waals surface area (Å²) in [5, 5.41) is 0. The fourth-order valence-electron chi connectivity index (χ4n) is 5.81. The van der Waals surface area contributed by atoms with E-state index >= 15 is 0 Å². The Hall–Kier alpha value is -2.14. The van der Waals surface area contributed by atoms with Gasteiger partial charge in [-0.2, -0.15) is 0 Å². The van der Waals surface area contributed by atoms with Crippen LogP contribution >= 0.6 is 0 Å². The summed E-state index contributed by atoms with van der Waals surface area (Å²) < 4.78 is 5.39. The summed E-state index contributed by atoms with van der Waals surface area (Å²) in [4.78, 5) is 15.1. The summed E-state index contributed by atoms with van der Waals surface area (Å²) in [6, 6.07) is 12.1. The van der Waals surface area contributed by atoms with E-state index in [4.69, 9.17) is 14.7 Å². The second-order valence-corrected chi connectivity index (χ2v) is 9.27. The van der Waals surface area contributed by atoms with E-state index in [0.29, 0.717) is 23.9 Å². The normalized spacial score (nSPS) is 30.7. The number of hydrogen-bond donors (Lipinski definition) is 0. The maximum atomic E-state index is 5.39. The molecule has 4 aliphatic heterocycles. The number of hydrogen-bond acceptors (Lipinski definition) is 5. The minimum Gasteiger partial charge on any atom is -0.497 e. The molecule has 0 N–H and O–H groups in total. The molecule has 3 atom stereocenters. The van der Waals surface area contributed by atoms with Gasteiger partial charge in [-0.3, -0.25) is 4.90 Å². The second kappa shape index (κ2) is 7.28. The van der Waals surface area contributed by atoms with Gasteiger partial charge in [-0.1, -0.05) is 26.0 Å². The van der Waals surface area contributed by atoms with Crippen LogP contribution in [0.5, 0.6) is 5.75 Å². The van der Waals surface area contributed by atoms with Gasteiger partial charge in [0.15, 0.2) is 0 Å². The molecule has 154 valence electrons. The average Bonchev–Trinajstić information content (AvgIpc) is 3.17. The van der Waals surface area contributed by atoms with Crippen LogP contribution < -0.4 is 9.64 Å². The van der Waals surface area contributed by atoms with Crippen molar-refractivity contribution < 1.29 is 4.74 Å². The third-order valence-electron chi connectivity index (χ3n) is 7.21. The molecule has 0 saturated carbocycles. The largest absolute Gasteiger partial charge is 0.497 e. The average molecular weight is 393 g/mol. The molecule has 0 radical (unpaired) electrons. The molecule has 5 heteroatoms. The van der Waals surface area contributed by atoms with Crippen LogP contribution in [0.3, 0.4) is 0 Å². The summed E-state index contributed by atoms with van der Waals surface area (Å²) in [6.07, 6.45) is 2.63. The number of benzene rings is 1. The maximum absolute atomic E-state index is 5.39. The van der Waals surface area contributed by atoms with Gasteiger partial charge < -0.3 is 9.64 Å². The lowest BCUT2D eigenvalue weighted by Gasteiger charge is -2.51. The Morgan fingerprint density at radius 1 is 1.03 bits per heavy atom. The van der Waals surface area contributed by atoms with Crippen LogP contribution in [-0.4, -0.2) is 53.7 Å². The molecule has 6 rings (SSSR count). The van der Waals surface area contributed by atoms with Crippen molar-refractivity contribution in [2.45, 2.75) is 57.5 Å². The van der Waals surface area contributed by atoms with E-state index in [0.717, 1.165) is 35.5 Å². The van der Waals surface area contributed by atoms with E-state index in [1.54, 1.807) is 7.11 Å². The van der Waals surface area contributed by atoms with Crippen LogP contribution in [-0.2, 0) is 0 Å². The molecule has 0 aliphatic carbocycles.